The third-order valence-corrected chi connectivity index (χ3v) is 2.15. The smallest absolute Gasteiger partial charge is 0.0824 e. The fourth-order valence-electron chi connectivity index (χ4n) is 1.36. The van der Waals surface area contributed by atoms with Gasteiger partial charge in [-0.05, 0) is 42.7 Å². The lowest BCUT2D eigenvalue weighted by Crippen LogP contribution is -1.99. The SMILES string of the molecule is CCCC(=NO)/C(C)=C/c1ccncc1. The van der Waals surface area contributed by atoms with Gasteiger partial charge in [0.15, 0.2) is 0 Å². The standard InChI is InChI=1S/C12H16N2O/c1-3-4-12(14-15)10(2)9-11-5-7-13-8-6-11/h5-9,15H,3-4H2,1-2H3/b10-9+,14-12?. The third-order valence-electron chi connectivity index (χ3n) is 2.15. The maximum absolute atomic E-state index is 8.84. The van der Waals surface area contributed by atoms with Crippen LogP contribution in [0.3, 0.4) is 0 Å². The third kappa shape index (κ3) is 3.54. The summed E-state index contributed by atoms with van der Waals surface area (Å²) in [6.07, 6.45) is 7.25. The van der Waals surface area contributed by atoms with E-state index >= 15 is 0 Å². The number of pyridine rings is 1. The van der Waals surface area contributed by atoms with E-state index in [1.54, 1.807) is 12.4 Å². The molecule has 1 aromatic rings. The van der Waals surface area contributed by atoms with Gasteiger partial charge in [-0.3, -0.25) is 4.98 Å². The van der Waals surface area contributed by atoms with Crippen LogP contribution in [0, 0.1) is 0 Å². The molecule has 1 N–H and O–H groups in total. The van der Waals surface area contributed by atoms with E-state index in [1.807, 2.05) is 25.1 Å². The quantitative estimate of drug-likeness (QED) is 0.465. The van der Waals surface area contributed by atoms with Crippen molar-refractivity contribution in [2.75, 3.05) is 0 Å². The highest BCUT2D eigenvalue weighted by molar-refractivity contribution is 6.02. The van der Waals surface area contributed by atoms with Crippen molar-refractivity contribution in [3.05, 3.63) is 35.7 Å². The fraction of sp³-hybridized carbons (Fsp3) is 0.333. The molecular weight excluding hydrogens is 188 g/mol. The van der Waals surface area contributed by atoms with E-state index < -0.39 is 0 Å². The minimum absolute atomic E-state index is 0.745. The summed E-state index contributed by atoms with van der Waals surface area (Å²) in [6.45, 7) is 4.01. The van der Waals surface area contributed by atoms with E-state index in [2.05, 4.69) is 17.1 Å². The van der Waals surface area contributed by atoms with Crippen LogP contribution in [0.15, 0.2) is 35.3 Å². The summed E-state index contributed by atoms with van der Waals surface area (Å²) < 4.78 is 0. The van der Waals surface area contributed by atoms with Gasteiger partial charge in [0.1, 0.15) is 0 Å². The van der Waals surface area contributed by atoms with Crippen LogP contribution in [0.5, 0.6) is 0 Å². The van der Waals surface area contributed by atoms with E-state index in [4.69, 9.17) is 5.21 Å². The Morgan fingerprint density at radius 2 is 2.13 bits per heavy atom. The highest BCUT2D eigenvalue weighted by Gasteiger charge is 2.01. The van der Waals surface area contributed by atoms with Gasteiger partial charge in [0.25, 0.3) is 0 Å². The van der Waals surface area contributed by atoms with E-state index in [9.17, 15) is 0 Å². The molecule has 0 unspecified atom stereocenters. The zero-order valence-electron chi connectivity index (χ0n) is 9.14. The molecule has 0 atom stereocenters. The Morgan fingerprint density at radius 3 is 2.67 bits per heavy atom. The number of allylic oxidation sites excluding steroid dienone is 1. The van der Waals surface area contributed by atoms with E-state index in [1.165, 1.54) is 0 Å². The lowest BCUT2D eigenvalue weighted by Gasteiger charge is -2.02. The molecule has 80 valence electrons. The molecule has 0 aromatic carbocycles. The van der Waals surface area contributed by atoms with Crippen LogP contribution in [-0.2, 0) is 0 Å². The maximum atomic E-state index is 8.84. The van der Waals surface area contributed by atoms with Gasteiger partial charge in [0.2, 0.25) is 0 Å². The molecular formula is C12H16N2O. The van der Waals surface area contributed by atoms with Crippen molar-refractivity contribution in [1.29, 1.82) is 0 Å². The Labute approximate surface area is 90.2 Å². The van der Waals surface area contributed by atoms with Gasteiger partial charge in [-0.1, -0.05) is 18.5 Å². The van der Waals surface area contributed by atoms with Crippen LogP contribution in [0.4, 0.5) is 0 Å². The first-order valence-electron chi connectivity index (χ1n) is 5.07. The minimum Gasteiger partial charge on any atom is -0.411 e. The predicted molar refractivity (Wildman–Crippen MR) is 62.0 cm³/mol. The first kappa shape index (κ1) is 11.4. The van der Waals surface area contributed by atoms with Crippen molar-refractivity contribution in [2.45, 2.75) is 26.7 Å². The molecule has 0 radical (unpaired) electrons. The van der Waals surface area contributed by atoms with Crippen molar-refractivity contribution >= 4 is 11.8 Å². The molecule has 0 fully saturated rings. The van der Waals surface area contributed by atoms with Crippen molar-refractivity contribution in [3.8, 4) is 0 Å². The molecule has 0 aliphatic carbocycles. The summed E-state index contributed by atoms with van der Waals surface area (Å²) >= 11 is 0. The molecule has 1 rings (SSSR count). The van der Waals surface area contributed by atoms with Crippen molar-refractivity contribution in [3.63, 3.8) is 0 Å². The van der Waals surface area contributed by atoms with Crippen LogP contribution in [0.1, 0.15) is 32.3 Å². The molecule has 0 saturated heterocycles. The Hall–Kier alpha value is -1.64. The zero-order valence-corrected chi connectivity index (χ0v) is 9.14. The van der Waals surface area contributed by atoms with Gasteiger partial charge in [0, 0.05) is 12.4 Å². The van der Waals surface area contributed by atoms with Gasteiger partial charge in [-0.25, -0.2) is 0 Å². The number of nitrogens with zero attached hydrogens (tertiary/aromatic N) is 2. The number of oxime groups is 1. The zero-order chi connectivity index (χ0) is 11.1. The average Bonchev–Trinajstić information content (AvgIpc) is 2.27. The number of aromatic nitrogens is 1. The second kappa shape index (κ2) is 5.96. The molecule has 15 heavy (non-hydrogen) atoms. The molecule has 0 bridgehead atoms. The Bertz CT molecular complexity index is 355. The normalized spacial score (nSPS) is 12.9. The Morgan fingerprint density at radius 1 is 1.47 bits per heavy atom. The van der Waals surface area contributed by atoms with Gasteiger partial charge >= 0.3 is 0 Å². The number of rotatable bonds is 4. The van der Waals surface area contributed by atoms with E-state index in [0.717, 1.165) is 29.7 Å². The van der Waals surface area contributed by atoms with E-state index in [-0.39, 0.29) is 0 Å². The maximum Gasteiger partial charge on any atom is 0.0824 e. The molecule has 0 aliphatic rings. The average molecular weight is 204 g/mol. The van der Waals surface area contributed by atoms with Gasteiger partial charge in [0.05, 0.1) is 5.71 Å². The molecule has 3 heteroatoms. The van der Waals surface area contributed by atoms with Crippen LogP contribution < -0.4 is 0 Å². The van der Waals surface area contributed by atoms with Crippen molar-refractivity contribution in [2.24, 2.45) is 5.16 Å². The lowest BCUT2D eigenvalue weighted by molar-refractivity contribution is 0.318. The van der Waals surface area contributed by atoms with Gasteiger partial charge < -0.3 is 5.21 Å². The predicted octanol–water partition coefficient (Wildman–Crippen LogP) is 3.12. The second-order valence-electron chi connectivity index (χ2n) is 3.40. The fourth-order valence-corrected chi connectivity index (χ4v) is 1.36. The first-order chi connectivity index (χ1) is 7.27. The molecule has 1 heterocycles. The van der Waals surface area contributed by atoms with Crippen molar-refractivity contribution < 1.29 is 5.21 Å². The number of hydrogen-bond acceptors (Lipinski definition) is 3. The topological polar surface area (TPSA) is 45.5 Å². The summed E-state index contributed by atoms with van der Waals surface area (Å²) in [7, 11) is 0. The van der Waals surface area contributed by atoms with E-state index in [0.29, 0.717) is 0 Å². The Balaban J connectivity index is 2.83. The molecule has 3 nitrogen and oxygen atoms in total. The highest BCUT2D eigenvalue weighted by atomic mass is 16.4. The highest BCUT2D eigenvalue weighted by Crippen LogP contribution is 2.09. The molecule has 0 aliphatic heterocycles. The molecule has 0 amide bonds. The van der Waals surface area contributed by atoms with Crippen LogP contribution >= 0.6 is 0 Å². The summed E-state index contributed by atoms with van der Waals surface area (Å²) in [4.78, 5) is 3.95. The summed E-state index contributed by atoms with van der Waals surface area (Å²) in [6, 6.07) is 3.84. The van der Waals surface area contributed by atoms with Gasteiger partial charge in [-0.15, -0.1) is 0 Å². The largest absolute Gasteiger partial charge is 0.411 e. The summed E-state index contributed by atoms with van der Waals surface area (Å²) in [5.41, 5.74) is 2.81. The van der Waals surface area contributed by atoms with Crippen LogP contribution in [0.2, 0.25) is 0 Å². The van der Waals surface area contributed by atoms with Gasteiger partial charge in [-0.2, -0.15) is 0 Å². The van der Waals surface area contributed by atoms with Crippen LogP contribution in [-0.4, -0.2) is 15.9 Å². The molecule has 1 aromatic heterocycles. The molecule has 0 spiro atoms. The lowest BCUT2D eigenvalue weighted by atomic mass is 10.1. The summed E-state index contributed by atoms with van der Waals surface area (Å²) in [5.74, 6) is 0. The Kier molecular flexibility index (Phi) is 4.54. The summed E-state index contributed by atoms with van der Waals surface area (Å²) in [5, 5.41) is 12.1. The first-order valence-corrected chi connectivity index (χ1v) is 5.07. The number of hydrogen-bond donors (Lipinski definition) is 1. The molecule has 0 saturated carbocycles. The minimum atomic E-state index is 0.745. The van der Waals surface area contributed by atoms with Crippen LogP contribution in [0.25, 0.3) is 6.08 Å². The van der Waals surface area contributed by atoms with Crippen molar-refractivity contribution in [1.82, 2.24) is 4.98 Å². The second-order valence-corrected chi connectivity index (χ2v) is 3.40. The monoisotopic (exact) mass is 204 g/mol.